The summed E-state index contributed by atoms with van der Waals surface area (Å²) in [5, 5.41) is 14.8. The molecule has 0 fully saturated rings. The molecule has 0 spiro atoms. The zero-order chi connectivity index (χ0) is 3.58. The molecule has 0 aliphatic carbocycles. The molecular weight excluding hydrogens is 323 g/mol. The van der Waals surface area contributed by atoms with E-state index in [-0.39, 0.29) is 70.6 Å². The molecule has 11 heavy (non-hydrogen) atoms. The van der Waals surface area contributed by atoms with E-state index >= 15 is 0 Å². The largest absolute Gasteiger partial charge is 0.412 e. The maximum atomic E-state index is 8.25. The smallest absolute Gasteiger partial charge is 0.0689 e. The van der Waals surface area contributed by atoms with Gasteiger partial charge < -0.3 is 48.2 Å². The molecule has 0 amide bonds. The van der Waals surface area contributed by atoms with E-state index in [1.165, 1.54) is 0 Å². The van der Waals surface area contributed by atoms with Gasteiger partial charge in [-0.05, 0) is 0 Å². The minimum atomic E-state index is -1.75. The Morgan fingerprint density at radius 2 is 0.727 bits per heavy atom. The maximum Gasteiger partial charge on any atom is 0.0689 e. The first kappa shape index (κ1) is 113. The molecular formula is H12HoNO9-. The molecule has 0 heterocycles. The monoisotopic (exact) mass is 335 g/mol. The molecule has 10 nitrogen and oxygen atoms in total. The van der Waals surface area contributed by atoms with Gasteiger partial charge in [0.15, 0.2) is 0 Å². The van der Waals surface area contributed by atoms with Gasteiger partial charge in [0, 0.05) is 37.7 Å². The van der Waals surface area contributed by atoms with E-state index in [0.717, 1.165) is 0 Å². The molecule has 0 saturated carbocycles. The van der Waals surface area contributed by atoms with Crippen molar-refractivity contribution >= 4 is 0 Å². The summed E-state index contributed by atoms with van der Waals surface area (Å²) >= 11 is 0. The molecule has 0 unspecified atom stereocenters. The third-order valence-corrected chi connectivity index (χ3v) is 0. The summed E-state index contributed by atoms with van der Waals surface area (Å²) in [5.41, 5.74) is 0. The summed E-state index contributed by atoms with van der Waals surface area (Å²) < 4.78 is 0. The van der Waals surface area contributed by atoms with E-state index in [1.54, 1.807) is 0 Å². The van der Waals surface area contributed by atoms with Crippen LogP contribution in [0.4, 0.5) is 0 Å². The topological polar surface area (TPSA) is 255 Å². The van der Waals surface area contributed by atoms with Crippen molar-refractivity contribution in [3.63, 3.8) is 0 Å². The van der Waals surface area contributed by atoms with Crippen molar-refractivity contribution in [2.45, 2.75) is 0 Å². The van der Waals surface area contributed by atoms with E-state index in [9.17, 15) is 0 Å². The SMILES string of the molecule is O.O.O.O.O.O.O=[N+]([O-])[O-].[Ho]. The molecule has 12 N–H and O–H groups in total. The molecule has 0 rings (SSSR count). The molecule has 0 aliphatic heterocycles. The van der Waals surface area contributed by atoms with Crippen LogP contribution in [0.5, 0.6) is 0 Å². The number of rotatable bonds is 0. The number of hydrogen-bond acceptors (Lipinski definition) is 3. The summed E-state index contributed by atoms with van der Waals surface area (Å²) in [7, 11) is 0. The van der Waals surface area contributed by atoms with Crippen molar-refractivity contribution in [3.8, 4) is 0 Å². The minimum Gasteiger partial charge on any atom is -0.412 e. The quantitative estimate of drug-likeness (QED) is 0.239. The third-order valence-electron chi connectivity index (χ3n) is 0. The fraction of sp³-hybridized carbons (Fsp3) is 0. The van der Waals surface area contributed by atoms with Crippen LogP contribution in [0.1, 0.15) is 0 Å². The summed E-state index contributed by atoms with van der Waals surface area (Å²) in [6.07, 6.45) is 0. The normalized spacial score (nSPS) is 2.18. The molecule has 0 aromatic rings. The van der Waals surface area contributed by atoms with Crippen molar-refractivity contribution in [3.05, 3.63) is 15.3 Å². The van der Waals surface area contributed by atoms with Crippen LogP contribution >= 0.6 is 0 Å². The Balaban J connectivity index is -0.00000000214. The fourth-order valence-corrected chi connectivity index (χ4v) is 0. The van der Waals surface area contributed by atoms with E-state index in [1.807, 2.05) is 0 Å². The summed E-state index contributed by atoms with van der Waals surface area (Å²) in [6.45, 7) is 0. The van der Waals surface area contributed by atoms with Crippen LogP contribution in [0.3, 0.4) is 0 Å². The van der Waals surface area contributed by atoms with Gasteiger partial charge in [0.05, 0.1) is 5.09 Å². The number of nitrogens with zero attached hydrogens (tertiary/aromatic N) is 1. The first-order valence-corrected chi connectivity index (χ1v) is 0.548. The van der Waals surface area contributed by atoms with E-state index in [4.69, 9.17) is 15.3 Å². The Kier molecular flexibility index (Phi) is 861. The van der Waals surface area contributed by atoms with Crippen molar-refractivity contribution < 1.29 is 75.7 Å². The van der Waals surface area contributed by atoms with Crippen LogP contribution in [0, 0.1) is 53.1 Å². The van der Waals surface area contributed by atoms with Crippen molar-refractivity contribution in [1.82, 2.24) is 0 Å². The minimum absolute atomic E-state index is 0. The second-order valence-electron chi connectivity index (χ2n) is 0.224. The van der Waals surface area contributed by atoms with Gasteiger partial charge in [-0.2, -0.15) is 0 Å². The predicted molar refractivity (Wildman–Crippen MR) is 32.0 cm³/mol. The van der Waals surface area contributed by atoms with Crippen LogP contribution in [0.15, 0.2) is 0 Å². The van der Waals surface area contributed by atoms with Crippen molar-refractivity contribution in [2.75, 3.05) is 0 Å². The fourth-order valence-electron chi connectivity index (χ4n) is 0. The van der Waals surface area contributed by atoms with Crippen LogP contribution in [0.2, 0.25) is 0 Å². The van der Waals surface area contributed by atoms with Gasteiger partial charge in [0.1, 0.15) is 0 Å². The second kappa shape index (κ2) is 83.8. The first-order chi connectivity index (χ1) is 1.73. The third kappa shape index (κ3) is 14300. The zero-order valence-electron chi connectivity index (χ0n) is 4.97. The first-order valence-electron chi connectivity index (χ1n) is 0.548. The summed E-state index contributed by atoms with van der Waals surface area (Å²) in [4.78, 5) is 8.25. The predicted octanol–water partition coefficient (Wildman–Crippen LogP) is -5.19. The van der Waals surface area contributed by atoms with E-state index in [0.29, 0.717) is 0 Å². The second-order valence-corrected chi connectivity index (χ2v) is 0.224. The number of hydrogen-bond donors (Lipinski definition) is 0. The van der Waals surface area contributed by atoms with Crippen LogP contribution in [-0.2, 0) is 0 Å². The van der Waals surface area contributed by atoms with Crippen LogP contribution < -0.4 is 0 Å². The van der Waals surface area contributed by atoms with E-state index < -0.39 is 5.09 Å². The molecule has 0 aliphatic rings. The molecule has 0 aromatic carbocycles. The summed E-state index contributed by atoms with van der Waals surface area (Å²) in [6, 6.07) is 0. The molecule has 0 saturated heterocycles. The van der Waals surface area contributed by atoms with Gasteiger partial charge in [0.2, 0.25) is 0 Å². The Morgan fingerprint density at radius 1 is 0.727 bits per heavy atom. The van der Waals surface area contributed by atoms with Crippen molar-refractivity contribution in [1.29, 1.82) is 0 Å². The van der Waals surface area contributed by atoms with Gasteiger partial charge in [-0.15, -0.1) is 0 Å². The van der Waals surface area contributed by atoms with Gasteiger partial charge in [-0.25, -0.2) is 0 Å². The Bertz CT molecular complexity index is 32.5. The van der Waals surface area contributed by atoms with Crippen LogP contribution in [-0.4, -0.2) is 37.9 Å². The average molecular weight is 335 g/mol. The molecule has 0 atom stereocenters. The average Bonchev–Trinajstić information content (AvgIpc) is 0.811. The van der Waals surface area contributed by atoms with Gasteiger partial charge in [-0.3, -0.25) is 0 Å². The van der Waals surface area contributed by atoms with Crippen molar-refractivity contribution in [2.24, 2.45) is 0 Å². The van der Waals surface area contributed by atoms with Gasteiger partial charge >= 0.3 is 0 Å². The maximum absolute atomic E-state index is 8.25. The van der Waals surface area contributed by atoms with Gasteiger partial charge in [0.25, 0.3) is 0 Å². The Morgan fingerprint density at radius 3 is 0.727 bits per heavy atom. The van der Waals surface area contributed by atoms with Gasteiger partial charge in [-0.1, -0.05) is 0 Å². The van der Waals surface area contributed by atoms with E-state index in [2.05, 4.69) is 0 Å². The molecule has 11 heteroatoms. The van der Waals surface area contributed by atoms with Crippen LogP contribution in [0.25, 0.3) is 0 Å². The molecule has 1 radical (unpaired) electrons. The molecule has 0 aromatic heterocycles. The standard InChI is InChI=1S/Ho.NO3.6H2O/c;2-1(3)4;;;;;;/h;;6*1H2/q;-1;;;;;;. The molecule has 0 bridgehead atoms. The molecule has 83 valence electrons. The summed E-state index contributed by atoms with van der Waals surface area (Å²) in [5.74, 6) is 0. The zero-order valence-corrected chi connectivity index (χ0v) is 6.91. The Labute approximate surface area is 90.8 Å². The Hall–Kier alpha value is 0.220.